The molecular weight excluding hydrogens is 356 g/mol. The van der Waals surface area contributed by atoms with E-state index >= 15 is 0 Å². The molecule has 1 aromatic rings. The molecule has 1 atom stereocenters. The Morgan fingerprint density at radius 3 is 2.54 bits per heavy atom. The highest BCUT2D eigenvalue weighted by Crippen LogP contribution is 2.39. The van der Waals surface area contributed by atoms with E-state index in [-0.39, 0.29) is 11.7 Å². The van der Waals surface area contributed by atoms with Crippen molar-refractivity contribution in [3.63, 3.8) is 0 Å². The summed E-state index contributed by atoms with van der Waals surface area (Å²) in [5.41, 5.74) is 2.75. The van der Waals surface area contributed by atoms with E-state index in [4.69, 9.17) is 4.74 Å². The number of aliphatic imine (C=N–C) groups is 3. The Labute approximate surface area is 162 Å². The third-order valence-electron chi connectivity index (χ3n) is 5.54. The van der Waals surface area contributed by atoms with Crippen LogP contribution in [0.25, 0.3) is 5.57 Å². The molecule has 1 aromatic carbocycles. The number of allylic oxidation sites excluding steroid dienone is 1. The summed E-state index contributed by atoms with van der Waals surface area (Å²) in [4.78, 5) is 41.4. The van der Waals surface area contributed by atoms with Crippen LogP contribution in [0.5, 0.6) is 0 Å². The van der Waals surface area contributed by atoms with Crippen molar-refractivity contribution in [2.24, 2.45) is 20.9 Å². The average Bonchev–Trinajstić information content (AvgIpc) is 2.73. The highest BCUT2D eigenvalue weighted by molar-refractivity contribution is 6.38. The quantitative estimate of drug-likeness (QED) is 0.749. The minimum absolute atomic E-state index is 0.117. The van der Waals surface area contributed by atoms with Crippen molar-refractivity contribution in [1.82, 2.24) is 4.90 Å². The van der Waals surface area contributed by atoms with Gasteiger partial charge in [-0.2, -0.15) is 9.98 Å². The summed E-state index contributed by atoms with van der Waals surface area (Å²) < 4.78 is 5.38. The highest BCUT2D eigenvalue weighted by atomic mass is 16.5. The van der Waals surface area contributed by atoms with E-state index < -0.39 is 5.92 Å². The van der Waals surface area contributed by atoms with E-state index in [1.807, 2.05) is 35.2 Å². The highest BCUT2D eigenvalue weighted by Gasteiger charge is 2.41. The molecule has 3 heterocycles. The summed E-state index contributed by atoms with van der Waals surface area (Å²) in [5.74, 6) is 0.0672. The maximum Gasteiger partial charge on any atom is 0.284 e. The van der Waals surface area contributed by atoms with Gasteiger partial charge in [-0.05, 0) is 24.0 Å². The molecule has 1 saturated heterocycles. The van der Waals surface area contributed by atoms with Gasteiger partial charge < -0.3 is 9.64 Å². The van der Waals surface area contributed by atoms with Crippen LogP contribution in [0.15, 0.2) is 50.9 Å². The molecule has 2 fully saturated rings. The summed E-state index contributed by atoms with van der Waals surface area (Å²) in [5, 5.41) is 0. The lowest BCUT2D eigenvalue weighted by Gasteiger charge is -2.33. The van der Waals surface area contributed by atoms with Crippen LogP contribution < -0.4 is 0 Å². The first kappa shape index (κ1) is 17.2. The summed E-state index contributed by atoms with van der Waals surface area (Å²) in [7, 11) is 0. The van der Waals surface area contributed by atoms with Crippen molar-refractivity contribution in [3.8, 4) is 0 Å². The number of carbonyl (C=O) groups excluding carboxylic acids is 2. The molecule has 1 unspecified atom stereocenters. The molecule has 0 N–H and O–H groups in total. The topological polar surface area (TPSA) is 83.7 Å². The van der Waals surface area contributed by atoms with Crippen molar-refractivity contribution >= 4 is 34.8 Å². The number of guanidine groups is 1. The molecule has 5 rings (SSSR count). The molecule has 0 radical (unpaired) electrons. The lowest BCUT2D eigenvalue weighted by Crippen LogP contribution is -2.43. The summed E-state index contributed by atoms with van der Waals surface area (Å²) in [6, 6.07) is 9.60. The molecule has 0 bridgehead atoms. The van der Waals surface area contributed by atoms with Gasteiger partial charge >= 0.3 is 0 Å². The Bertz CT molecular complexity index is 969. The van der Waals surface area contributed by atoms with E-state index in [0.717, 1.165) is 24.1 Å². The third kappa shape index (κ3) is 2.82. The fraction of sp³-hybridized carbons (Fsp3) is 0.381. The number of benzene rings is 1. The lowest BCUT2D eigenvalue weighted by atomic mass is 9.74. The largest absolute Gasteiger partial charge is 0.378 e. The maximum absolute atomic E-state index is 13.1. The van der Waals surface area contributed by atoms with Crippen LogP contribution in [-0.2, 0) is 14.3 Å². The number of Topliss-reactive ketones (excluding diaryl/α,β-unsaturated/α-hetero) is 1. The molecule has 0 aromatic heterocycles. The second-order valence-corrected chi connectivity index (χ2v) is 7.26. The van der Waals surface area contributed by atoms with Gasteiger partial charge in [-0.15, -0.1) is 0 Å². The maximum atomic E-state index is 13.1. The normalized spacial score (nSPS) is 24.9. The number of rotatable bonds is 1. The van der Waals surface area contributed by atoms with E-state index in [9.17, 15) is 9.59 Å². The molecule has 1 amide bonds. The zero-order valence-electron chi connectivity index (χ0n) is 15.4. The zero-order valence-corrected chi connectivity index (χ0v) is 15.4. The first-order chi connectivity index (χ1) is 13.7. The van der Waals surface area contributed by atoms with Crippen molar-refractivity contribution in [1.29, 1.82) is 0 Å². The Morgan fingerprint density at radius 1 is 0.964 bits per heavy atom. The first-order valence-corrected chi connectivity index (χ1v) is 9.67. The van der Waals surface area contributed by atoms with Crippen LogP contribution in [0.3, 0.4) is 0 Å². The third-order valence-corrected chi connectivity index (χ3v) is 5.54. The van der Waals surface area contributed by atoms with Crippen molar-refractivity contribution in [3.05, 3.63) is 41.5 Å². The number of hydrogen-bond donors (Lipinski definition) is 0. The fourth-order valence-electron chi connectivity index (χ4n) is 4.21. The Kier molecular flexibility index (Phi) is 4.24. The number of amidine groups is 1. The van der Waals surface area contributed by atoms with Gasteiger partial charge in [0.15, 0.2) is 5.84 Å². The Morgan fingerprint density at radius 2 is 1.75 bits per heavy atom. The standard InChI is InChI=1S/C21H20N4O3/c26-15-8-4-7-14-17(15)16(13-5-2-1-3-6-13)18-19(22-14)23-21(24-20(18)27)25-9-11-28-12-10-25/h1-3,5-6,17H,4,7-12H2. The zero-order chi connectivity index (χ0) is 19.1. The van der Waals surface area contributed by atoms with Gasteiger partial charge in [-0.1, -0.05) is 30.3 Å². The fourth-order valence-corrected chi connectivity index (χ4v) is 4.21. The molecule has 28 heavy (non-hydrogen) atoms. The minimum Gasteiger partial charge on any atom is -0.378 e. The summed E-state index contributed by atoms with van der Waals surface area (Å²) in [6.07, 6.45) is 2.05. The number of ether oxygens (including phenoxy) is 1. The van der Waals surface area contributed by atoms with Gasteiger partial charge in [0.2, 0.25) is 5.96 Å². The van der Waals surface area contributed by atoms with Crippen LogP contribution in [0.1, 0.15) is 24.8 Å². The molecular formula is C21H20N4O3. The molecule has 1 saturated carbocycles. The molecule has 0 spiro atoms. The second kappa shape index (κ2) is 6.91. The average molecular weight is 376 g/mol. The van der Waals surface area contributed by atoms with E-state index in [2.05, 4.69) is 15.0 Å². The number of nitrogens with zero attached hydrogens (tertiary/aromatic N) is 4. The predicted octanol–water partition coefficient (Wildman–Crippen LogP) is 1.89. The molecule has 142 valence electrons. The Hall–Kier alpha value is -2.93. The molecule has 7 nitrogen and oxygen atoms in total. The van der Waals surface area contributed by atoms with E-state index in [1.54, 1.807) is 0 Å². The minimum atomic E-state index is -0.464. The first-order valence-electron chi connectivity index (χ1n) is 9.67. The number of ketones is 1. The number of morpholine rings is 1. The van der Waals surface area contributed by atoms with Crippen molar-refractivity contribution in [2.45, 2.75) is 19.3 Å². The number of amides is 1. The van der Waals surface area contributed by atoms with Gasteiger partial charge in [-0.3, -0.25) is 9.59 Å². The molecule has 4 aliphatic rings. The van der Waals surface area contributed by atoms with E-state index in [0.29, 0.717) is 55.7 Å². The van der Waals surface area contributed by atoms with Crippen LogP contribution in [-0.4, -0.2) is 60.4 Å². The summed E-state index contributed by atoms with van der Waals surface area (Å²) in [6.45, 7) is 2.46. The second-order valence-electron chi connectivity index (χ2n) is 7.26. The van der Waals surface area contributed by atoms with Crippen LogP contribution in [0.4, 0.5) is 0 Å². The van der Waals surface area contributed by atoms with Crippen LogP contribution in [0, 0.1) is 5.92 Å². The summed E-state index contributed by atoms with van der Waals surface area (Å²) >= 11 is 0. The number of fused-ring (bicyclic) bond motifs is 2. The predicted molar refractivity (Wildman–Crippen MR) is 105 cm³/mol. The van der Waals surface area contributed by atoms with Gasteiger partial charge in [0.05, 0.1) is 24.7 Å². The molecule has 3 aliphatic heterocycles. The molecule has 1 aliphatic carbocycles. The smallest absolute Gasteiger partial charge is 0.284 e. The van der Waals surface area contributed by atoms with Gasteiger partial charge in [0.25, 0.3) is 5.91 Å². The van der Waals surface area contributed by atoms with Gasteiger partial charge in [-0.25, -0.2) is 4.99 Å². The number of hydrogen-bond acceptors (Lipinski definition) is 6. The van der Waals surface area contributed by atoms with Crippen LogP contribution in [0.2, 0.25) is 0 Å². The van der Waals surface area contributed by atoms with E-state index in [1.165, 1.54) is 0 Å². The van der Waals surface area contributed by atoms with Gasteiger partial charge in [0.1, 0.15) is 5.78 Å². The number of dihydropyridines is 1. The van der Waals surface area contributed by atoms with Crippen LogP contribution >= 0.6 is 0 Å². The SMILES string of the molecule is O=C1N=C(N2CCOCC2)N=C2N=C3CCCC(=O)C3C(c3ccccc3)=C12. The Balaban J connectivity index is 1.65. The monoisotopic (exact) mass is 376 g/mol. The number of carbonyl (C=O) groups is 2. The lowest BCUT2D eigenvalue weighted by molar-refractivity contribution is -0.120. The van der Waals surface area contributed by atoms with Crippen molar-refractivity contribution in [2.75, 3.05) is 26.3 Å². The van der Waals surface area contributed by atoms with Gasteiger partial charge in [0, 0.05) is 25.2 Å². The molecule has 7 heteroatoms. The van der Waals surface area contributed by atoms with Crippen molar-refractivity contribution < 1.29 is 14.3 Å².